The Morgan fingerprint density at radius 2 is 1.69 bits per heavy atom. The monoisotopic (exact) mass is 400 g/mol. The molecule has 3 rings (SSSR count). The first kappa shape index (κ1) is 21.5. The molecule has 29 heavy (non-hydrogen) atoms. The fourth-order valence-corrected chi connectivity index (χ4v) is 3.61. The largest absolute Gasteiger partial charge is 0.484 e. The van der Waals surface area contributed by atoms with Gasteiger partial charge in [-0.15, -0.1) is 0 Å². The molecule has 2 saturated carbocycles. The molecule has 0 radical (unpaired) electrons. The maximum Gasteiger partial charge on any atom is 0.258 e. The van der Waals surface area contributed by atoms with Crippen LogP contribution in [0.5, 0.6) is 5.75 Å². The minimum atomic E-state index is -0.0400. The second-order valence-corrected chi connectivity index (χ2v) is 8.39. The van der Waals surface area contributed by atoms with Crippen LogP contribution in [0, 0.1) is 5.92 Å². The molecule has 0 bridgehead atoms. The first-order chi connectivity index (χ1) is 14.1. The molecule has 1 aromatic carbocycles. The Bertz CT molecular complexity index is 662. The lowest BCUT2D eigenvalue weighted by Crippen LogP contribution is -2.44. The molecule has 0 aromatic heterocycles. The van der Waals surface area contributed by atoms with Crippen LogP contribution in [0.25, 0.3) is 0 Å². The highest BCUT2D eigenvalue weighted by Crippen LogP contribution is 2.23. The fraction of sp³-hybridized carbons (Fsp3) is 0.652. The molecule has 0 aliphatic heterocycles. The molecule has 0 heterocycles. The van der Waals surface area contributed by atoms with Gasteiger partial charge in [0.1, 0.15) is 5.75 Å². The first-order valence-corrected chi connectivity index (χ1v) is 11.2. The Kier molecular flexibility index (Phi) is 8.20. The lowest BCUT2D eigenvalue weighted by atomic mass is 9.87. The average Bonchev–Trinajstić information content (AvgIpc) is 3.53. The number of nitrogens with one attached hydrogen (secondary N) is 3. The van der Waals surface area contributed by atoms with Crippen molar-refractivity contribution in [3.63, 3.8) is 0 Å². The van der Waals surface area contributed by atoms with E-state index in [1.807, 2.05) is 24.3 Å². The van der Waals surface area contributed by atoms with Gasteiger partial charge in [0.15, 0.2) is 12.6 Å². The molecule has 1 aromatic rings. The predicted octanol–water partition coefficient (Wildman–Crippen LogP) is 3.02. The number of hydrogen-bond donors (Lipinski definition) is 3. The second kappa shape index (κ2) is 11.1. The van der Waals surface area contributed by atoms with E-state index in [2.05, 4.69) is 29.8 Å². The van der Waals surface area contributed by atoms with Crippen LogP contribution < -0.4 is 20.7 Å². The Morgan fingerprint density at radius 1 is 1.03 bits per heavy atom. The van der Waals surface area contributed by atoms with Crippen molar-refractivity contribution in [3.05, 3.63) is 29.8 Å². The molecule has 3 N–H and O–H groups in total. The minimum absolute atomic E-state index is 0.0400. The zero-order chi connectivity index (χ0) is 20.5. The molecule has 1 amide bonds. The molecule has 0 spiro atoms. The normalized spacial score (nSPS) is 22.1. The van der Waals surface area contributed by atoms with Gasteiger partial charge in [-0.1, -0.05) is 19.1 Å². The molecule has 6 heteroatoms. The third kappa shape index (κ3) is 7.95. The number of amides is 1. The zero-order valence-electron chi connectivity index (χ0n) is 17.9. The van der Waals surface area contributed by atoms with E-state index in [4.69, 9.17) is 9.73 Å². The van der Waals surface area contributed by atoms with Crippen LogP contribution in [-0.2, 0) is 11.2 Å². The van der Waals surface area contributed by atoms with Gasteiger partial charge in [-0.05, 0) is 75.5 Å². The Balaban J connectivity index is 1.40. The Hall–Kier alpha value is -2.24. The maximum absolute atomic E-state index is 11.7. The number of aliphatic imine (C=N–C) groups is 1. The lowest BCUT2D eigenvalue weighted by molar-refractivity contribution is -0.123. The lowest BCUT2D eigenvalue weighted by Gasteiger charge is -2.28. The van der Waals surface area contributed by atoms with Crippen LogP contribution in [-0.4, -0.2) is 43.6 Å². The summed E-state index contributed by atoms with van der Waals surface area (Å²) in [6.45, 7) is 6.13. The highest BCUT2D eigenvalue weighted by Gasteiger charge is 2.23. The number of nitrogens with zero attached hydrogens (tertiary/aromatic N) is 1. The number of hydrogen-bond acceptors (Lipinski definition) is 3. The van der Waals surface area contributed by atoms with Gasteiger partial charge in [0.2, 0.25) is 0 Å². The van der Waals surface area contributed by atoms with E-state index in [1.165, 1.54) is 31.2 Å². The standard InChI is InChI=1S/C23H36N4O2/c1-3-24-23(27-20-8-4-17(2)5-9-20)25-15-14-18-6-12-21(13-7-18)29-16-22(28)26-19-10-11-19/h6-7,12-13,17,19-20H,3-5,8-11,14-16H2,1-2H3,(H,26,28)(H2,24,25,27). The Labute approximate surface area is 174 Å². The molecule has 2 aliphatic rings. The van der Waals surface area contributed by atoms with Gasteiger partial charge in [-0.3, -0.25) is 9.79 Å². The molecular formula is C23H36N4O2. The van der Waals surface area contributed by atoms with E-state index in [0.29, 0.717) is 12.1 Å². The number of guanidine groups is 1. The first-order valence-electron chi connectivity index (χ1n) is 11.2. The van der Waals surface area contributed by atoms with E-state index < -0.39 is 0 Å². The molecule has 0 atom stereocenters. The van der Waals surface area contributed by atoms with Crippen molar-refractivity contribution in [2.75, 3.05) is 19.7 Å². The molecule has 6 nitrogen and oxygen atoms in total. The number of ether oxygens (including phenoxy) is 1. The fourth-order valence-electron chi connectivity index (χ4n) is 3.61. The van der Waals surface area contributed by atoms with Crippen molar-refractivity contribution in [3.8, 4) is 5.75 Å². The summed E-state index contributed by atoms with van der Waals surface area (Å²) in [4.78, 5) is 16.4. The highest BCUT2D eigenvalue weighted by molar-refractivity contribution is 5.80. The molecule has 2 aliphatic carbocycles. The zero-order valence-corrected chi connectivity index (χ0v) is 17.9. The molecule has 2 fully saturated rings. The topological polar surface area (TPSA) is 74.8 Å². The van der Waals surface area contributed by atoms with E-state index in [9.17, 15) is 4.79 Å². The predicted molar refractivity (Wildman–Crippen MR) is 117 cm³/mol. The summed E-state index contributed by atoms with van der Waals surface area (Å²) in [6, 6.07) is 8.86. The van der Waals surface area contributed by atoms with Gasteiger partial charge in [0.05, 0.1) is 0 Å². The summed E-state index contributed by atoms with van der Waals surface area (Å²) >= 11 is 0. The molecule has 0 saturated heterocycles. The van der Waals surface area contributed by atoms with Crippen LogP contribution in [0.3, 0.4) is 0 Å². The van der Waals surface area contributed by atoms with Crippen molar-refractivity contribution in [2.45, 2.75) is 70.9 Å². The van der Waals surface area contributed by atoms with Gasteiger partial charge >= 0.3 is 0 Å². The minimum Gasteiger partial charge on any atom is -0.484 e. The van der Waals surface area contributed by atoms with Gasteiger partial charge in [0, 0.05) is 25.2 Å². The van der Waals surface area contributed by atoms with Crippen molar-refractivity contribution < 1.29 is 9.53 Å². The summed E-state index contributed by atoms with van der Waals surface area (Å²) in [5.74, 6) is 2.47. The van der Waals surface area contributed by atoms with Crippen molar-refractivity contribution in [1.29, 1.82) is 0 Å². The SMILES string of the molecule is CCNC(=NCCc1ccc(OCC(=O)NC2CC2)cc1)NC1CCC(C)CC1. The number of benzene rings is 1. The molecule has 160 valence electrons. The van der Waals surface area contributed by atoms with Crippen LogP contribution in [0.4, 0.5) is 0 Å². The maximum atomic E-state index is 11.7. The van der Waals surface area contributed by atoms with Gasteiger partial charge in [0.25, 0.3) is 5.91 Å². The van der Waals surface area contributed by atoms with Crippen LogP contribution in [0.1, 0.15) is 57.9 Å². The number of rotatable bonds is 9. The van der Waals surface area contributed by atoms with E-state index in [0.717, 1.165) is 50.0 Å². The van der Waals surface area contributed by atoms with Gasteiger partial charge < -0.3 is 20.7 Å². The van der Waals surface area contributed by atoms with Gasteiger partial charge in [-0.2, -0.15) is 0 Å². The number of carbonyl (C=O) groups excluding carboxylic acids is 1. The third-order valence-electron chi connectivity index (χ3n) is 5.61. The summed E-state index contributed by atoms with van der Waals surface area (Å²) in [6.07, 6.45) is 8.11. The third-order valence-corrected chi connectivity index (χ3v) is 5.61. The Morgan fingerprint density at radius 3 is 2.34 bits per heavy atom. The van der Waals surface area contributed by atoms with Crippen molar-refractivity contribution >= 4 is 11.9 Å². The van der Waals surface area contributed by atoms with Crippen molar-refractivity contribution in [1.82, 2.24) is 16.0 Å². The van der Waals surface area contributed by atoms with E-state index >= 15 is 0 Å². The summed E-state index contributed by atoms with van der Waals surface area (Å²) in [5.41, 5.74) is 1.21. The smallest absolute Gasteiger partial charge is 0.258 e. The summed E-state index contributed by atoms with van der Waals surface area (Å²) in [7, 11) is 0. The summed E-state index contributed by atoms with van der Waals surface area (Å²) in [5, 5.41) is 9.89. The van der Waals surface area contributed by atoms with Crippen LogP contribution in [0.15, 0.2) is 29.3 Å². The van der Waals surface area contributed by atoms with E-state index in [1.54, 1.807) is 0 Å². The average molecular weight is 401 g/mol. The summed E-state index contributed by atoms with van der Waals surface area (Å²) < 4.78 is 5.56. The van der Waals surface area contributed by atoms with E-state index in [-0.39, 0.29) is 12.5 Å². The van der Waals surface area contributed by atoms with Crippen molar-refractivity contribution in [2.24, 2.45) is 10.9 Å². The second-order valence-electron chi connectivity index (χ2n) is 8.39. The number of carbonyl (C=O) groups is 1. The van der Waals surface area contributed by atoms with Crippen LogP contribution >= 0.6 is 0 Å². The quantitative estimate of drug-likeness (QED) is 0.440. The van der Waals surface area contributed by atoms with Crippen LogP contribution in [0.2, 0.25) is 0 Å². The molecule has 0 unspecified atom stereocenters. The highest BCUT2D eigenvalue weighted by atomic mass is 16.5. The van der Waals surface area contributed by atoms with Gasteiger partial charge in [-0.25, -0.2) is 0 Å². The molecular weight excluding hydrogens is 364 g/mol.